The standard InChI is InChI=1S/C23H19ClF3NO8S/c24-13-35-18-3-1-2-4-19(18)36-21-17(11-14(22(30)31)12-20(21)34-10-9-29)28-37(32,33)16-7-5-15(6-8-16)23(25,26)27/h1-8,11-12,28-29H,9-10,13H2,(H,30,31). The van der Waals surface area contributed by atoms with Crippen molar-refractivity contribution in [3.05, 3.63) is 71.8 Å². The highest BCUT2D eigenvalue weighted by atomic mass is 35.5. The lowest BCUT2D eigenvalue weighted by atomic mass is 10.1. The Morgan fingerprint density at radius 1 is 0.973 bits per heavy atom. The van der Waals surface area contributed by atoms with E-state index < -0.39 is 50.5 Å². The third kappa shape index (κ3) is 6.96. The van der Waals surface area contributed by atoms with E-state index in [1.165, 1.54) is 12.1 Å². The van der Waals surface area contributed by atoms with E-state index in [9.17, 15) is 36.6 Å². The smallest absolute Gasteiger partial charge is 0.416 e. The highest BCUT2D eigenvalue weighted by Crippen LogP contribution is 2.43. The quantitative estimate of drug-likeness (QED) is 0.280. The van der Waals surface area contributed by atoms with Crippen LogP contribution in [0.4, 0.5) is 18.9 Å². The zero-order chi connectivity index (χ0) is 27.2. The maximum atomic E-state index is 13.0. The Balaban J connectivity index is 2.12. The second-order valence-electron chi connectivity index (χ2n) is 7.16. The van der Waals surface area contributed by atoms with Gasteiger partial charge in [-0.05, 0) is 48.5 Å². The summed E-state index contributed by atoms with van der Waals surface area (Å²) >= 11 is 5.63. The molecule has 3 aromatic rings. The maximum absolute atomic E-state index is 13.0. The number of nitrogens with one attached hydrogen (secondary N) is 1. The second kappa shape index (κ2) is 11.6. The number of rotatable bonds is 11. The van der Waals surface area contributed by atoms with Crippen LogP contribution < -0.4 is 18.9 Å². The van der Waals surface area contributed by atoms with Crippen molar-refractivity contribution >= 4 is 33.3 Å². The monoisotopic (exact) mass is 561 g/mol. The number of carbonyl (C=O) groups is 1. The number of anilines is 1. The van der Waals surface area contributed by atoms with E-state index in [-0.39, 0.29) is 35.7 Å². The molecule has 198 valence electrons. The van der Waals surface area contributed by atoms with E-state index >= 15 is 0 Å². The Kier molecular flexibility index (Phi) is 8.73. The molecule has 0 spiro atoms. The molecule has 0 saturated carbocycles. The molecule has 0 bridgehead atoms. The number of aliphatic hydroxyl groups excluding tert-OH is 1. The van der Waals surface area contributed by atoms with E-state index in [1.54, 1.807) is 12.1 Å². The van der Waals surface area contributed by atoms with Crippen LogP contribution in [-0.4, -0.2) is 43.9 Å². The summed E-state index contributed by atoms with van der Waals surface area (Å²) in [5, 5.41) is 18.7. The number of aromatic carboxylic acids is 1. The van der Waals surface area contributed by atoms with Crippen molar-refractivity contribution in [3.8, 4) is 23.0 Å². The summed E-state index contributed by atoms with van der Waals surface area (Å²) in [6.45, 7) is -0.764. The van der Waals surface area contributed by atoms with Gasteiger partial charge in [0.05, 0.1) is 28.3 Å². The van der Waals surface area contributed by atoms with Gasteiger partial charge in [-0.25, -0.2) is 13.2 Å². The molecule has 0 fully saturated rings. The average Bonchev–Trinajstić information content (AvgIpc) is 2.84. The van der Waals surface area contributed by atoms with Crippen LogP contribution in [0.5, 0.6) is 23.0 Å². The lowest BCUT2D eigenvalue weighted by Crippen LogP contribution is -2.15. The van der Waals surface area contributed by atoms with E-state index in [4.69, 9.17) is 25.8 Å². The van der Waals surface area contributed by atoms with Crippen LogP contribution in [0.25, 0.3) is 0 Å². The third-order valence-electron chi connectivity index (χ3n) is 4.66. The van der Waals surface area contributed by atoms with Gasteiger partial charge in [0.25, 0.3) is 10.0 Å². The van der Waals surface area contributed by atoms with E-state index in [1.807, 2.05) is 0 Å². The molecule has 0 atom stereocenters. The second-order valence-corrected chi connectivity index (χ2v) is 9.06. The number of alkyl halides is 4. The van der Waals surface area contributed by atoms with Gasteiger partial charge >= 0.3 is 12.1 Å². The number of halogens is 4. The Morgan fingerprint density at radius 3 is 2.19 bits per heavy atom. The Morgan fingerprint density at radius 2 is 1.62 bits per heavy atom. The van der Waals surface area contributed by atoms with Gasteiger partial charge in [-0.3, -0.25) is 4.72 Å². The van der Waals surface area contributed by atoms with Crippen molar-refractivity contribution < 1.29 is 50.8 Å². The Labute approximate surface area is 214 Å². The molecule has 3 N–H and O–H groups in total. The molecule has 0 saturated heterocycles. The number of para-hydroxylation sites is 2. The number of hydrogen-bond donors (Lipinski definition) is 3. The van der Waals surface area contributed by atoms with Crippen LogP contribution in [0, 0.1) is 0 Å². The summed E-state index contributed by atoms with van der Waals surface area (Å²) < 4.78 is 83.4. The number of ether oxygens (including phenoxy) is 3. The molecule has 37 heavy (non-hydrogen) atoms. The van der Waals surface area contributed by atoms with Crippen LogP contribution in [0.15, 0.2) is 65.6 Å². The molecular formula is C23H19ClF3NO8S. The largest absolute Gasteiger partial charge is 0.487 e. The van der Waals surface area contributed by atoms with Crippen molar-refractivity contribution in [2.75, 3.05) is 24.0 Å². The lowest BCUT2D eigenvalue weighted by molar-refractivity contribution is -0.137. The fourth-order valence-corrected chi connectivity index (χ4v) is 4.19. The summed E-state index contributed by atoms with van der Waals surface area (Å²) in [6, 6.07) is 10.6. The predicted octanol–water partition coefficient (Wildman–Crippen LogP) is 4.94. The van der Waals surface area contributed by atoms with Crippen LogP contribution in [-0.2, 0) is 16.2 Å². The summed E-state index contributed by atoms with van der Waals surface area (Å²) in [5.41, 5.74) is -1.87. The number of carboxylic acids is 1. The van der Waals surface area contributed by atoms with Gasteiger partial charge in [-0.1, -0.05) is 23.7 Å². The number of benzene rings is 3. The number of hydrogen-bond acceptors (Lipinski definition) is 7. The number of carboxylic acid groups (broad SMARTS) is 1. The minimum Gasteiger partial charge on any atom is -0.487 e. The van der Waals surface area contributed by atoms with Gasteiger partial charge in [-0.15, -0.1) is 0 Å². The number of sulfonamides is 1. The zero-order valence-electron chi connectivity index (χ0n) is 18.7. The molecule has 3 rings (SSSR count). The highest BCUT2D eigenvalue weighted by Gasteiger charge is 2.31. The van der Waals surface area contributed by atoms with E-state index in [0.717, 1.165) is 24.3 Å². The lowest BCUT2D eigenvalue weighted by Gasteiger charge is -2.19. The molecule has 0 amide bonds. The number of aliphatic hydroxyl groups is 1. The summed E-state index contributed by atoms with van der Waals surface area (Å²) in [6.07, 6.45) is -4.68. The molecule has 0 aliphatic heterocycles. The molecule has 0 aliphatic carbocycles. The van der Waals surface area contributed by atoms with E-state index in [2.05, 4.69) is 4.72 Å². The maximum Gasteiger partial charge on any atom is 0.416 e. The van der Waals surface area contributed by atoms with Crippen molar-refractivity contribution in [1.29, 1.82) is 0 Å². The topological polar surface area (TPSA) is 131 Å². The van der Waals surface area contributed by atoms with Crippen LogP contribution >= 0.6 is 11.6 Å². The normalized spacial score (nSPS) is 11.6. The van der Waals surface area contributed by atoms with Crippen molar-refractivity contribution in [1.82, 2.24) is 0 Å². The van der Waals surface area contributed by atoms with Gasteiger partial charge in [0, 0.05) is 0 Å². The van der Waals surface area contributed by atoms with Gasteiger partial charge in [-0.2, -0.15) is 13.2 Å². The minimum atomic E-state index is -4.68. The van der Waals surface area contributed by atoms with Crippen LogP contribution in [0.2, 0.25) is 0 Å². The van der Waals surface area contributed by atoms with Crippen LogP contribution in [0.1, 0.15) is 15.9 Å². The molecule has 3 aromatic carbocycles. The molecular weight excluding hydrogens is 543 g/mol. The first-order valence-electron chi connectivity index (χ1n) is 10.3. The first kappa shape index (κ1) is 27.9. The summed E-state index contributed by atoms with van der Waals surface area (Å²) in [5.74, 6) is -1.79. The molecule has 14 heteroatoms. The summed E-state index contributed by atoms with van der Waals surface area (Å²) in [4.78, 5) is 11.2. The fraction of sp³-hybridized carbons (Fsp3) is 0.174. The van der Waals surface area contributed by atoms with Crippen molar-refractivity contribution in [3.63, 3.8) is 0 Å². The van der Waals surface area contributed by atoms with Gasteiger partial charge in [0.15, 0.2) is 29.1 Å². The SMILES string of the molecule is O=C(O)c1cc(NS(=O)(=O)c2ccc(C(F)(F)F)cc2)c(Oc2ccccc2OCCl)c(OCCO)c1. The van der Waals surface area contributed by atoms with Crippen LogP contribution in [0.3, 0.4) is 0 Å². The molecule has 0 heterocycles. The van der Waals surface area contributed by atoms with Gasteiger partial charge < -0.3 is 24.4 Å². The van der Waals surface area contributed by atoms with Gasteiger partial charge in [0.1, 0.15) is 6.61 Å². The summed E-state index contributed by atoms with van der Waals surface area (Å²) in [7, 11) is -4.54. The first-order valence-corrected chi connectivity index (χ1v) is 12.3. The Bertz CT molecular complexity index is 1370. The zero-order valence-corrected chi connectivity index (χ0v) is 20.2. The minimum absolute atomic E-state index is 0.0510. The van der Waals surface area contributed by atoms with Crippen molar-refractivity contribution in [2.24, 2.45) is 0 Å². The predicted molar refractivity (Wildman–Crippen MR) is 126 cm³/mol. The molecule has 0 aromatic heterocycles. The molecule has 0 radical (unpaired) electrons. The van der Waals surface area contributed by atoms with Crippen molar-refractivity contribution in [2.45, 2.75) is 11.1 Å². The molecule has 0 unspecified atom stereocenters. The third-order valence-corrected chi connectivity index (χ3v) is 6.15. The molecule has 9 nitrogen and oxygen atoms in total. The van der Waals surface area contributed by atoms with E-state index in [0.29, 0.717) is 12.1 Å². The molecule has 0 aliphatic rings. The first-order chi connectivity index (χ1) is 17.5. The Hall–Kier alpha value is -3.68. The highest BCUT2D eigenvalue weighted by molar-refractivity contribution is 7.92. The fourth-order valence-electron chi connectivity index (χ4n) is 3.02. The van der Waals surface area contributed by atoms with Gasteiger partial charge in [0.2, 0.25) is 0 Å². The average molecular weight is 562 g/mol.